The van der Waals surface area contributed by atoms with Crippen LogP contribution < -0.4 is 5.32 Å². The molecular formula is C12H15FN2O. The summed E-state index contributed by atoms with van der Waals surface area (Å²) in [4.78, 5) is 0. The van der Waals surface area contributed by atoms with Crippen molar-refractivity contribution in [1.82, 2.24) is 5.32 Å². The highest BCUT2D eigenvalue weighted by Gasteiger charge is 2.23. The fourth-order valence-electron chi connectivity index (χ4n) is 1.53. The molecule has 0 radical (unpaired) electrons. The summed E-state index contributed by atoms with van der Waals surface area (Å²) in [5.41, 5.74) is -0.0224. The first-order valence-electron chi connectivity index (χ1n) is 5.11. The summed E-state index contributed by atoms with van der Waals surface area (Å²) in [6, 6.07) is 8.32. The SMILES string of the molecule is CC(C#N)(Cc1cccc(F)c1)NCCO. The van der Waals surface area contributed by atoms with Crippen molar-refractivity contribution in [3.8, 4) is 6.07 Å². The molecule has 0 aliphatic rings. The van der Waals surface area contributed by atoms with Crippen LogP contribution in [0.1, 0.15) is 12.5 Å². The average molecular weight is 222 g/mol. The van der Waals surface area contributed by atoms with Crippen molar-refractivity contribution in [3.63, 3.8) is 0 Å². The minimum absolute atomic E-state index is 0.0274. The number of benzene rings is 1. The molecule has 0 fully saturated rings. The van der Waals surface area contributed by atoms with E-state index in [1.165, 1.54) is 12.1 Å². The standard InChI is InChI=1S/C12H15FN2O/c1-12(9-14,15-5-6-16)8-10-3-2-4-11(13)7-10/h2-4,7,15-16H,5-6,8H2,1H3. The van der Waals surface area contributed by atoms with Crippen LogP contribution in [0, 0.1) is 17.1 Å². The van der Waals surface area contributed by atoms with Gasteiger partial charge in [-0.1, -0.05) is 12.1 Å². The molecule has 0 aliphatic heterocycles. The van der Waals surface area contributed by atoms with Crippen molar-refractivity contribution < 1.29 is 9.50 Å². The highest BCUT2D eigenvalue weighted by Crippen LogP contribution is 2.13. The molecule has 0 spiro atoms. The molecule has 0 aromatic heterocycles. The van der Waals surface area contributed by atoms with Gasteiger partial charge in [0.2, 0.25) is 0 Å². The Hall–Kier alpha value is -1.44. The molecular weight excluding hydrogens is 207 g/mol. The van der Waals surface area contributed by atoms with Gasteiger partial charge < -0.3 is 5.11 Å². The van der Waals surface area contributed by atoms with Crippen LogP contribution in [0.3, 0.4) is 0 Å². The van der Waals surface area contributed by atoms with Crippen LogP contribution in [-0.4, -0.2) is 23.8 Å². The van der Waals surface area contributed by atoms with Gasteiger partial charge in [0.1, 0.15) is 11.4 Å². The van der Waals surface area contributed by atoms with Crippen molar-refractivity contribution >= 4 is 0 Å². The van der Waals surface area contributed by atoms with E-state index in [0.29, 0.717) is 13.0 Å². The predicted octanol–water partition coefficient (Wildman–Crippen LogP) is 1.23. The van der Waals surface area contributed by atoms with Crippen molar-refractivity contribution in [3.05, 3.63) is 35.6 Å². The van der Waals surface area contributed by atoms with Crippen molar-refractivity contribution in [2.75, 3.05) is 13.2 Å². The van der Waals surface area contributed by atoms with Crippen LogP contribution >= 0.6 is 0 Å². The summed E-state index contributed by atoms with van der Waals surface area (Å²) in [5, 5.41) is 20.7. The minimum Gasteiger partial charge on any atom is -0.395 e. The molecule has 1 atom stereocenters. The lowest BCUT2D eigenvalue weighted by Crippen LogP contribution is -2.44. The van der Waals surface area contributed by atoms with E-state index in [1.807, 2.05) is 0 Å². The number of rotatable bonds is 5. The Kier molecular flexibility index (Phi) is 4.41. The Morgan fingerprint density at radius 2 is 2.31 bits per heavy atom. The number of hydrogen-bond acceptors (Lipinski definition) is 3. The molecule has 1 rings (SSSR count). The predicted molar refractivity (Wildman–Crippen MR) is 59.2 cm³/mol. The molecule has 1 aromatic carbocycles. The van der Waals surface area contributed by atoms with Gasteiger partial charge in [0.15, 0.2) is 0 Å². The molecule has 3 nitrogen and oxygen atoms in total. The second kappa shape index (κ2) is 5.59. The lowest BCUT2D eigenvalue weighted by molar-refractivity contribution is 0.275. The van der Waals surface area contributed by atoms with Crippen LogP contribution in [0.25, 0.3) is 0 Å². The van der Waals surface area contributed by atoms with Crippen molar-refractivity contribution in [2.45, 2.75) is 18.9 Å². The first kappa shape index (κ1) is 12.6. The summed E-state index contributed by atoms with van der Waals surface area (Å²) < 4.78 is 13.0. The lowest BCUT2D eigenvalue weighted by Gasteiger charge is -2.22. The third kappa shape index (κ3) is 3.61. The molecule has 0 saturated carbocycles. The Balaban J connectivity index is 2.73. The third-order valence-corrected chi connectivity index (χ3v) is 2.32. The van der Waals surface area contributed by atoms with E-state index in [-0.39, 0.29) is 12.4 Å². The molecule has 1 unspecified atom stereocenters. The van der Waals surface area contributed by atoms with Gasteiger partial charge in [-0.2, -0.15) is 5.26 Å². The Morgan fingerprint density at radius 1 is 1.56 bits per heavy atom. The van der Waals surface area contributed by atoms with E-state index in [1.54, 1.807) is 19.1 Å². The quantitative estimate of drug-likeness (QED) is 0.788. The average Bonchev–Trinajstić information content (AvgIpc) is 2.26. The maximum Gasteiger partial charge on any atom is 0.123 e. The molecule has 4 heteroatoms. The highest BCUT2D eigenvalue weighted by molar-refractivity contribution is 5.22. The molecule has 0 amide bonds. The summed E-state index contributed by atoms with van der Waals surface area (Å²) in [5.74, 6) is -0.306. The lowest BCUT2D eigenvalue weighted by atomic mass is 9.94. The molecule has 1 aromatic rings. The number of aliphatic hydroxyl groups is 1. The smallest absolute Gasteiger partial charge is 0.123 e. The van der Waals surface area contributed by atoms with Gasteiger partial charge in [-0.05, 0) is 24.6 Å². The van der Waals surface area contributed by atoms with E-state index in [2.05, 4.69) is 11.4 Å². The first-order chi connectivity index (χ1) is 7.59. The number of nitrogens with one attached hydrogen (secondary N) is 1. The largest absolute Gasteiger partial charge is 0.395 e. The number of hydrogen-bond donors (Lipinski definition) is 2. The van der Waals surface area contributed by atoms with E-state index in [0.717, 1.165) is 5.56 Å². The zero-order valence-electron chi connectivity index (χ0n) is 9.20. The third-order valence-electron chi connectivity index (χ3n) is 2.32. The fourth-order valence-corrected chi connectivity index (χ4v) is 1.53. The molecule has 0 saturated heterocycles. The monoisotopic (exact) mass is 222 g/mol. The van der Waals surface area contributed by atoms with E-state index >= 15 is 0 Å². The molecule has 0 heterocycles. The molecule has 2 N–H and O–H groups in total. The number of halogens is 1. The molecule has 16 heavy (non-hydrogen) atoms. The Morgan fingerprint density at radius 3 is 2.88 bits per heavy atom. The summed E-state index contributed by atoms with van der Waals surface area (Å²) in [6.45, 7) is 2.05. The van der Waals surface area contributed by atoms with E-state index < -0.39 is 5.54 Å². The van der Waals surface area contributed by atoms with Gasteiger partial charge in [-0.25, -0.2) is 4.39 Å². The van der Waals surface area contributed by atoms with Gasteiger partial charge in [0, 0.05) is 13.0 Å². The maximum atomic E-state index is 13.0. The van der Waals surface area contributed by atoms with Gasteiger partial charge >= 0.3 is 0 Å². The zero-order valence-corrected chi connectivity index (χ0v) is 9.20. The van der Waals surface area contributed by atoms with Gasteiger partial charge in [0.25, 0.3) is 0 Å². The molecule has 86 valence electrons. The van der Waals surface area contributed by atoms with E-state index in [9.17, 15) is 4.39 Å². The first-order valence-corrected chi connectivity index (χ1v) is 5.11. The molecule has 0 aliphatic carbocycles. The second-order valence-electron chi connectivity index (χ2n) is 3.90. The zero-order chi connectivity index (χ0) is 12.0. The van der Waals surface area contributed by atoms with Gasteiger partial charge in [-0.15, -0.1) is 0 Å². The Labute approximate surface area is 94.5 Å². The van der Waals surface area contributed by atoms with Crippen LogP contribution in [0.5, 0.6) is 0 Å². The Bertz CT molecular complexity index is 389. The number of nitriles is 1. The van der Waals surface area contributed by atoms with Crippen molar-refractivity contribution in [1.29, 1.82) is 5.26 Å². The van der Waals surface area contributed by atoms with Gasteiger partial charge in [-0.3, -0.25) is 5.32 Å². The fraction of sp³-hybridized carbons (Fsp3) is 0.417. The van der Waals surface area contributed by atoms with E-state index in [4.69, 9.17) is 10.4 Å². The van der Waals surface area contributed by atoms with Crippen LogP contribution in [0.2, 0.25) is 0 Å². The van der Waals surface area contributed by atoms with Crippen LogP contribution in [0.15, 0.2) is 24.3 Å². The van der Waals surface area contributed by atoms with Gasteiger partial charge in [0.05, 0.1) is 12.7 Å². The van der Waals surface area contributed by atoms with Crippen molar-refractivity contribution in [2.24, 2.45) is 0 Å². The topological polar surface area (TPSA) is 56.0 Å². The second-order valence-corrected chi connectivity index (χ2v) is 3.90. The highest BCUT2D eigenvalue weighted by atomic mass is 19.1. The van der Waals surface area contributed by atoms with Crippen LogP contribution in [-0.2, 0) is 6.42 Å². The minimum atomic E-state index is -0.781. The number of β-amino-alcohol motifs (C(OH)–C–C–N with tert-alkyl or cyclic N) is 1. The summed E-state index contributed by atoms with van der Waals surface area (Å²) in [7, 11) is 0. The van der Waals surface area contributed by atoms with Crippen LogP contribution in [0.4, 0.5) is 4.39 Å². The summed E-state index contributed by atoms with van der Waals surface area (Å²) >= 11 is 0. The maximum absolute atomic E-state index is 13.0. The number of nitrogens with zero attached hydrogens (tertiary/aromatic N) is 1. The number of aliphatic hydroxyl groups excluding tert-OH is 1. The molecule has 0 bridgehead atoms. The normalized spacial score (nSPS) is 14.1. The summed E-state index contributed by atoms with van der Waals surface area (Å²) in [6.07, 6.45) is 0.404.